The third kappa shape index (κ3) is 9.56. The summed E-state index contributed by atoms with van der Waals surface area (Å²) >= 11 is 0. The van der Waals surface area contributed by atoms with Crippen molar-refractivity contribution in [2.45, 2.75) is 78.0 Å². The van der Waals surface area contributed by atoms with Crippen LogP contribution in [0.25, 0.3) is 0 Å². The lowest BCUT2D eigenvalue weighted by atomic mass is 9.82. The Kier molecular flexibility index (Phi) is 10.9. The van der Waals surface area contributed by atoms with Crippen molar-refractivity contribution >= 4 is 29.3 Å². The van der Waals surface area contributed by atoms with Gasteiger partial charge in [-0.05, 0) is 71.0 Å². The molecule has 2 aromatic rings. The molecule has 12 nitrogen and oxygen atoms in total. The van der Waals surface area contributed by atoms with E-state index >= 15 is 8.78 Å². The molecule has 5 heterocycles. The van der Waals surface area contributed by atoms with Crippen LogP contribution in [0.2, 0.25) is 0 Å². The van der Waals surface area contributed by atoms with Gasteiger partial charge in [-0.2, -0.15) is 0 Å². The van der Waals surface area contributed by atoms with Gasteiger partial charge in [0.15, 0.2) is 0 Å². The molecule has 4 fully saturated rings. The Labute approximate surface area is 300 Å². The quantitative estimate of drug-likeness (QED) is 0.411. The number of nitrogens with one attached hydrogen (secondary N) is 2. The molecule has 2 N–H and O–H groups in total. The molecule has 1 aromatic carbocycles. The number of amides is 2. The highest BCUT2D eigenvalue weighted by atomic mass is 19.1. The van der Waals surface area contributed by atoms with Crippen LogP contribution in [0.15, 0.2) is 24.5 Å². The number of carbonyl (C=O) groups excluding carboxylic acids is 2. The fourth-order valence-corrected chi connectivity index (χ4v) is 7.52. The lowest BCUT2D eigenvalue weighted by Crippen LogP contribution is -2.66. The molecular weight excluding hydrogens is 656 g/mol. The summed E-state index contributed by atoms with van der Waals surface area (Å²) in [5.74, 6) is 0.424. The minimum absolute atomic E-state index is 0.0112. The molecule has 0 unspecified atom stereocenters. The molecule has 6 rings (SSSR count). The van der Waals surface area contributed by atoms with Gasteiger partial charge in [-0.3, -0.25) is 14.6 Å². The average Bonchev–Trinajstić information content (AvgIpc) is 3.07. The molecule has 1 spiro atoms. The second-order valence-corrected chi connectivity index (χ2v) is 16.5. The molecule has 2 amide bonds. The zero-order valence-electron chi connectivity index (χ0n) is 30.9. The predicted octanol–water partition coefficient (Wildman–Crippen LogP) is 4.32. The van der Waals surface area contributed by atoms with Crippen molar-refractivity contribution in [1.82, 2.24) is 30.0 Å². The standard InChI is InChI=1S/C37H55F2N9O3/c1-35(2,3)51-34(50)47-18-16-44(17-19-47)15-10-40-31-22-32(42-26-41-31)46-13-8-37(9-14-46)25-48(24-33(49)43-37)30-21-28(38)27(20-29(30)39)23-45-11-6-36(4,5)7-12-45/h20-22,26H,6-19,23-25H2,1-5H3,(H,43,49)(H,40,41,42). The third-order valence-electron chi connectivity index (χ3n) is 10.7. The Hall–Kier alpha value is -3.78. The minimum Gasteiger partial charge on any atom is -0.444 e. The topological polar surface area (TPSA) is 109 Å². The number of aromatic nitrogens is 2. The zero-order chi connectivity index (χ0) is 36.4. The van der Waals surface area contributed by atoms with E-state index in [0.29, 0.717) is 64.2 Å². The normalized spacial score (nSPS) is 21.5. The number of hydrogen-bond acceptors (Lipinski definition) is 10. The molecule has 0 saturated carbocycles. The highest BCUT2D eigenvalue weighted by Gasteiger charge is 2.42. The van der Waals surface area contributed by atoms with Gasteiger partial charge in [0.1, 0.15) is 35.2 Å². The zero-order valence-corrected chi connectivity index (χ0v) is 30.9. The maximum atomic E-state index is 15.6. The summed E-state index contributed by atoms with van der Waals surface area (Å²) in [6.45, 7) is 18.3. The summed E-state index contributed by atoms with van der Waals surface area (Å²) in [5.41, 5.74) is -0.264. The molecule has 0 bridgehead atoms. The summed E-state index contributed by atoms with van der Waals surface area (Å²) in [6, 6.07) is 4.54. The summed E-state index contributed by atoms with van der Waals surface area (Å²) in [4.78, 5) is 44.4. The monoisotopic (exact) mass is 711 g/mol. The van der Waals surface area contributed by atoms with Gasteiger partial charge in [0.05, 0.1) is 17.8 Å². The average molecular weight is 712 g/mol. The first kappa shape index (κ1) is 37.0. The number of halogens is 2. The van der Waals surface area contributed by atoms with Crippen LogP contribution < -0.4 is 20.4 Å². The Morgan fingerprint density at radius 3 is 2.29 bits per heavy atom. The van der Waals surface area contributed by atoms with E-state index in [1.807, 2.05) is 26.8 Å². The van der Waals surface area contributed by atoms with Crippen molar-refractivity contribution in [2.75, 3.05) is 93.7 Å². The largest absolute Gasteiger partial charge is 0.444 e. The van der Waals surface area contributed by atoms with Crippen molar-refractivity contribution in [2.24, 2.45) is 5.41 Å². The first-order valence-electron chi connectivity index (χ1n) is 18.4. The first-order valence-corrected chi connectivity index (χ1v) is 18.4. The number of hydrogen-bond donors (Lipinski definition) is 2. The van der Waals surface area contributed by atoms with Crippen LogP contribution >= 0.6 is 0 Å². The maximum Gasteiger partial charge on any atom is 0.410 e. The summed E-state index contributed by atoms with van der Waals surface area (Å²) < 4.78 is 36.5. The Balaban J connectivity index is 0.990. The Bertz CT molecular complexity index is 1540. The second kappa shape index (κ2) is 15.1. The van der Waals surface area contributed by atoms with E-state index in [1.54, 1.807) is 16.1 Å². The SMILES string of the molecule is CC1(C)CCN(Cc2cc(F)c(N3CC(=O)NC4(CCN(c5cc(NCCN6CCN(C(=O)OC(C)(C)C)CC6)ncn5)CC4)C3)cc2F)CC1. The van der Waals surface area contributed by atoms with Gasteiger partial charge in [0, 0.05) is 83.1 Å². The number of nitrogens with zero attached hydrogens (tertiary/aromatic N) is 7. The van der Waals surface area contributed by atoms with Gasteiger partial charge < -0.3 is 30.1 Å². The molecule has 1 aromatic heterocycles. The first-order chi connectivity index (χ1) is 24.2. The van der Waals surface area contributed by atoms with Crippen molar-refractivity contribution < 1.29 is 23.1 Å². The fourth-order valence-electron chi connectivity index (χ4n) is 7.52. The summed E-state index contributed by atoms with van der Waals surface area (Å²) in [5, 5.41) is 6.60. The molecule has 0 atom stereocenters. The lowest BCUT2D eigenvalue weighted by Gasteiger charge is -2.48. The van der Waals surface area contributed by atoms with Crippen molar-refractivity contribution in [1.29, 1.82) is 0 Å². The smallest absolute Gasteiger partial charge is 0.410 e. The molecule has 0 aliphatic carbocycles. The van der Waals surface area contributed by atoms with Crippen LogP contribution in [-0.4, -0.2) is 126 Å². The van der Waals surface area contributed by atoms with Gasteiger partial charge in [-0.1, -0.05) is 13.8 Å². The highest BCUT2D eigenvalue weighted by molar-refractivity contribution is 5.84. The Morgan fingerprint density at radius 1 is 0.902 bits per heavy atom. The molecule has 4 aliphatic heterocycles. The third-order valence-corrected chi connectivity index (χ3v) is 10.7. The van der Waals surface area contributed by atoms with Gasteiger partial charge in [0.25, 0.3) is 0 Å². The molecule has 4 saturated heterocycles. The van der Waals surface area contributed by atoms with Crippen LogP contribution in [0.5, 0.6) is 0 Å². The van der Waals surface area contributed by atoms with E-state index in [4.69, 9.17) is 4.74 Å². The van der Waals surface area contributed by atoms with Gasteiger partial charge in [-0.15, -0.1) is 0 Å². The number of benzene rings is 1. The van der Waals surface area contributed by atoms with Crippen molar-refractivity contribution in [3.8, 4) is 0 Å². The van der Waals surface area contributed by atoms with E-state index in [-0.39, 0.29) is 29.6 Å². The van der Waals surface area contributed by atoms with Crippen molar-refractivity contribution in [3.63, 3.8) is 0 Å². The van der Waals surface area contributed by atoms with E-state index in [2.05, 4.69) is 49.1 Å². The molecular formula is C37H55F2N9O3. The number of rotatable bonds is 8. The molecule has 4 aliphatic rings. The number of ether oxygens (including phenoxy) is 1. The van der Waals surface area contributed by atoms with Crippen LogP contribution in [0.4, 0.5) is 30.9 Å². The van der Waals surface area contributed by atoms with Crippen LogP contribution in [0, 0.1) is 17.0 Å². The van der Waals surface area contributed by atoms with E-state index in [1.165, 1.54) is 12.1 Å². The molecule has 51 heavy (non-hydrogen) atoms. The number of anilines is 3. The molecule has 280 valence electrons. The van der Waals surface area contributed by atoms with Gasteiger partial charge in [0.2, 0.25) is 5.91 Å². The summed E-state index contributed by atoms with van der Waals surface area (Å²) in [7, 11) is 0. The maximum absolute atomic E-state index is 15.6. The van der Waals surface area contributed by atoms with E-state index < -0.39 is 22.8 Å². The number of piperazine rings is 2. The predicted molar refractivity (Wildman–Crippen MR) is 194 cm³/mol. The van der Waals surface area contributed by atoms with Crippen LogP contribution in [0.1, 0.15) is 65.9 Å². The Morgan fingerprint density at radius 2 is 1.61 bits per heavy atom. The minimum atomic E-state index is -0.546. The summed E-state index contributed by atoms with van der Waals surface area (Å²) in [6.07, 6.45) is 4.65. The highest BCUT2D eigenvalue weighted by Crippen LogP contribution is 2.34. The number of carbonyl (C=O) groups is 2. The second-order valence-electron chi connectivity index (χ2n) is 16.5. The van der Waals surface area contributed by atoms with Crippen LogP contribution in [-0.2, 0) is 16.1 Å². The molecule has 14 heteroatoms. The lowest BCUT2D eigenvalue weighted by molar-refractivity contribution is -0.123. The number of likely N-dealkylation sites (tertiary alicyclic amines) is 1. The van der Waals surface area contributed by atoms with E-state index in [0.717, 1.165) is 57.2 Å². The van der Waals surface area contributed by atoms with Crippen LogP contribution in [0.3, 0.4) is 0 Å². The molecule has 0 radical (unpaired) electrons. The fraction of sp³-hybridized carbons (Fsp3) is 0.676. The van der Waals surface area contributed by atoms with Gasteiger partial charge >= 0.3 is 6.09 Å². The van der Waals surface area contributed by atoms with Crippen molar-refractivity contribution in [3.05, 3.63) is 41.7 Å². The van der Waals surface area contributed by atoms with E-state index in [9.17, 15) is 9.59 Å². The van der Waals surface area contributed by atoms with Gasteiger partial charge in [-0.25, -0.2) is 23.5 Å². The number of piperidine rings is 2.